The first-order chi connectivity index (χ1) is 7.87. The SMILES string of the molecule is CCc1cc(C(=O)NCC(C)(C)N)n(CC)n1. The molecule has 0 aromatic carbocycles. The smallest absolute Gasteiger partial charge is 0.269 e. The van der Waals surface area contributed by atoms with Gasteiger partial charge in [0.15, 0.2) is 0 Å². The fourth-order valence-corrected chi connectivity index (χ4v) is 1.47. The van der Waals surface area contributed by atoms with Crippen LogP contribution in [0.4, 0.5) is 0 Å². The van der Waals surface area contributed by atoms with Gasteiger partial charge in [-0.05, 0) is 33.3 Å². The van der Waals surface area contributed by atoms with Crippen LogP contribution in [-0.2, 0) is 13.0 Å². The third-order valence-corrected chi connectivity index (χ3v) is 2.43. The van der Waals surface area contributed by atoms with Crippen molar-refractivity contribution in [1.29, 1.82) is 0 Å². The van der Waals surface area contributed by atoms with Crippen LogP contribution < -0.4 is 11.1 Å². The summed E-state index contributed by atoms with van der Waals surface area (Å²) in [6.07, 6.45) is 0.829. The number of carbonyl (C=O) groups excluding carboxylic acids is 1. The van der Waals surface area contributed by atoms with Crippen LogP contribution in [0.5, 0.6) is 0 Å². The molecule has 0 saturated carbocycles. The summed E-state index contributed by atoms with van der Waals surface area (Å²) >= 11 is 0. The number of rotatable bonds is 5. The lowest BCUT2D eigenvalue weighted by Gasteiger charge is -2.18. The van der Waals surface area contributed by atoms with E-state index in [1.54, 1.807) is 4.68 Å². The summed E-state index contributed by atoms with van der Waals surface area (Å²) in [5, 5.41) is 7.16. The molecule has 1 aromatic rings. The number of hydrogen-bond donors (Lipinski definition) is 2. The van der Waals surface area contributed by atoms with Crippen LogP contribution in [0.3, 0.4) is 0 Å². The summed E-state index contributed by atoms with van der Waals surface area (Å²) in [6.45, 7) is 8.88. The largest absolute Gasteiger partial charge is 0.349 e. The van der Waals surface area contributed by atoms with E-state index >= 15 is 0 Å². The number of hydrogen-bond acceptors (Lipinski definition) is 3. The highest BCUT2D eigenvalue weighted by Crippen LogP contribution is 2.06. The summed E-state index contributed by atoms with van der Waals surface area (Å²) in [6, 6.07) is 1.84. The molecule has 0 saturated heterocycles. The highest BCUT2D eigenvalue weighted by Gasteiger charge is 2.17. The molecular weight excluding hydrogens is 216 g/mol. The molecule has 5 nitrogen and oxygen atoms in total. The zero-order valence-electron chi connectivity index (χ0n) is 11.1. The molecule has 1 amide bonds. The van der Waals surface area contributed by atoms with E-state index < -0.39 is 5.54 Å². The second kappa shape index (κ2) is 5.31. The maximum absolute atomic E-state index is 12.0. The van der Waals surface area contributed by atoms with Crippen molar-refractivity contribution in [3.8, 4) is 0 Å². The lowest BCUT2D eigenvalue weighted by atomic mass is 10.1. The Hall–Kier alpha value is -1.36. The van der Waals surface area contributed by atoms with Crippen LogP contribution in [0, 0.1) is 0 Å². The van der Waals surface area contributed by atoms with E-state index in [-0.39, 0.29) is 5.91 Å². The zero-order valence-corrected chi connectivity index (χ0v) is 11.1. The standard InChI is InChI=1S/C12H22N4O/c1-5-9-7-10(16(6-2)15-9)11(17)14-8-12(3,4)13/h7H,5-6,8,13H2,1-4H3,(H,14,17). The monoisotopic (exact) mass is 238 g/mol. The molecule has 1 aromatic heterocycles. The Bertz CT molecular complexity index is 390. The molecule has 1 heterocycles. The van der Waals surface area contributed by atoms with Gasteiger partial charge in [-0.15, -0.1) is 0 Å². The normalized spacial score (nSPS) is 11.6. The van der Waals surface area contributed by atoms with Gasteiger partial charge in [-0.1, -0.05) is 6.92 Å². The van der Waals surface area contributed by atoms with Gasteiger partial charge in [0.25, 0.3) is 5.91 Å². The summed E-state index contributed by atoms with van der Waals surface area (Å²) in [5.41, 5.74) is 6.96. The number of aromatic nitrogens is 2. The van der Waals surface area contributed by atoms with Crippen molar-refractivity contribution in [3.05, 3.63) is 17.5 Å². The minimum absolute atomic E-state index is 0.113. The van der Waals surface area contributed by atoms with Crippen LogP contribution in [-0.4, -0.2) is 27.8 Å². The maximum Gasteiger partial charge on any atom is 0.269 e. The van der Waals surface area contributed by atoms with Crippen molar-refractivity contribution < 1.29 is 4.79 Å². The second-order valence-electron chi connectivity index (χ2n) is 4.86. The summed E-state index contributed by atoms with van der Waals surface area (Å²) in [5.74, 6) is -0.113. The van der Waals surface area contributed by atoms with Gasteiger partial charge in [0, 0.05) is 18.6 Å². The minimum Gasteiger partial charge on any atom is -0.349 e. The Labute approximate surface area is 102 Å². The van der Waals surface area contributed by atoms with Gasteiger partial charge in [0.1, 0.15) is 5.69 Å². The fourth-order valence-electron chi connectivity index (χ4n) is 1.47. The zero-order chi connectivity index (χ0) is 13.1. The van der Waals surface area contributed by atoms with Crippen molar-refractivity contribution in [2.75, 3.05) is 6.54 Å². The first-order valence-corrected chi connectivity index (χ1v) is 6.01. The number of aryl methyl sites for hydroxylation is 2. The summed E-state index contributed by atoms with van der Waals surface area (Å²) < 4.78 is 1.72. The van der Waals surface area contributed by atoms with Crippen molar-refractivity contribution in [1.82, 2.24) is 15.1 Å². The van der Waals surface area contributed by atoms with Gasteiger partial charge in [0.05, 0.1) is 5.69 Å². The molecule has 5 heteroatoms. The predicted octanol–water partition coefficient (Wildman–Crippen LogP) is 0.932. The second-order valence-corrected chi connectivity index (χ2v) is 4.86. The Morgan fingerprint density at radius 3 is 2.65 bits per heavy atom. The highest BCUT2D eigenvalue weighted by molar-refractivity contribution is 5.92. The van der Waals surface area contributed by atoms with E-state index in [2.05, 4.69) is 10.4 Å². The topological polar surface area (TPSA) is 72.9 Å². The summed E-state index contributed by atoms with van der Waals surface area (Å²) in [7, 11) is 0. The Kier molecular flexibility index (Phi) is 4.28. The van der Waals surface area contributed by atoms with E-state index in [1.807, 2.05) is 33.8 Å². The molecule has 0 unspecified atom stereocenters. The van der Waals surface area contributed by atoms with E-state index in [4.69, 9.17) is 5.73 Å². The molecule has 0 fully saturated rings. The van der Waals surface area contributed by atoms with Gasteiger partial charge in [-0.25, -0.2) is 0 Å². The van der Waals surface area contributed by atoms with Crippen LogP contribution in [0.25, 0.3) is 0 Å². The van der Waals surface area contributed by atoms with Crippen molar-refractivity contribution in [2.45, 2.75) is 46.2 Å². The number of amides is 1. The molecule has 1 rings (SSSR count). The molecule has 3 N–H and O–H groups in total. The van der Waals surface area contributed by atoms with Crippen LogP contribution in [0.15, 0.2) is 6.07 Å². The minimum atomic E-state index is -0.402. The van der Waals surface area contributed by atoms with Gasteiger partial charge < -0.3 is 11.1 Å². The first kappa shape index (κ1) is 13.7. The third kappa shape index (κ3) is 3.85. The van der Waals surface area contributed by atoms with E-state index in [0.29, 0.717) is 18.8 Å². The molecule has 0 radical (unpaired) electrons. The van der Waals surface area contributed by atoms with Crippen LogP contribution in [0.1, 0.15) is 43.9 Å². The molecular formula is C12H22N4O. The lowest BCUT2D eigenvalue weighted by Crippen LogP contribution is -2.45. The summed E-state index contributed by atoms with van der Waals surface area (Å²) in [4.78, 5) is 12.0. The van der Waals surface area contributed by atoms with Crippen LogP contribution in [0.2, 0.25) is 0 Å². The molecule has 0 bridgehead atoms. The molecule has 0 spiro atoms. The molecule has 96 valence electrons. The number of carbonyl (C=O) groups is 1. The van der Waals surface area contributed by atoms with E-state index in [1.165, 1.54) is 0 Å². The lowest BCUT2D eigenvalue weighted by molar-refractivity contribution is 0.0935. The number of nitrogens with two attached hydrogens (primary N) is 1. The van der Waals surface area contributed by atoms with E-state index in [9.17, 15) is 4.79 Å². The van der Waals surface area contributed by atoms with Crippen molar-refractivity contribution in [3.63, 3.8) is 0 Å². The van der Waals surface area contributed by atoms with Gasteiger partial charge in [-0.3, -0.25) is 9.48 Å². The van der Waals surface area contributed by atoms with Gasteiger partial charge in [0.2, 0.25) is 0 Å². The predicted molar refractivity (Wildman–Crippen MR) is 67.9 cm³/mol. The molecule has 0 atom stereocenters. The Balaban J connectivity index is 2.77. The Morgan fingerprint density at radius 2 is 2.18 bits per heavy atom. The third-order valence-electron chi connectivity index (χ3n) is 2.43. The quantitative estimate of drug-likeness (QED) is 0.801. The first-order valence-electron chi connectivity index (χ1n) is 6.01. The average molecular weight is 238 g/mol. The van der Waals surface area contributed by atoms with Crippen molar-refractivity contribution >= 4 is 5.91 Å². The average Bonchev–Trinajstić information content (AvgIpc) is 2.68. The van der Waals surface area contributed by atoms with Gasteiger partial charge in [-0.2, -0.15) is 5.10 Å². The Morgan fingerprint density at radius 1 is 1.53 bits per heavy atom. The maximum atomic E-state index is 12.0. The van der Waals surface area contributed by atoms with Gasteiger partial charge >= 0.3 is 0 Å². The number of nitrogens with zero attached hydrogens (tertiary/aromatic N) is 2. The van der Waals surface area contributed by atoms with Crippen LogP contribution >= 0.6 is 0 Å². The molecule has 0 aliphatic heterocycles. The number of nitrogens with one attached hydrogen (secondary N) is 1. The molecule has 17 heavy (non-hydrogen) atoms. The molecule has 0 aliphatic rings. The van der Waals surface area contributed by atoms with E-state index in [0.717, 1.165) is 12.1 Å². The fraction of sp³-hybridized carbons (Fsp3) is 0.667. The molecule has 0 aliphatic carbocycles. The van der Waals surface area contributed by atoms with Crippen molar-refractivity contribution in [2.24, 2.45) is 5.73 Å². The highest BCUT2D eigenvalue weighted by atomic mass is 16.2.